The van der Waals surface area contributed by atoms with Crippen LogP contribution in [0.3, 0.4) is 0 Å². The van der Waals surface area contributed by atoms with Gasteiger partial charge in [-0.05, 0) is 30.7 Å². The van der Waals surface area contributed by atoms with E-state index in [1.165, 1.54) is 13.2 Å². The van der Waals surface area contributed by atoms with Crippen LogP contribution in [-0.4, -0.2) is 25.3 Å². The fourth-order valence-corrected chi connectivity index (χ4v) is 3.33. The molecule has 7 nitrogen and oxygen atoms in total. The molecule has 0 bridgehead atoms. The minimum absolute atomic E-state index is 0. The lowest BCUT2D eigenvalue weighted by atomic mass is 10.0. The molecule has 0 aliphatic carbocycles. The Morgan fingerprint density at radius 1 is 1.20 bits per heavy atom. The van der Waals surface area contributed by atoms with Crippen molar-refractivity contribution in [2.75, 3.05) is 14.2 Å². The molecule has 3 rings (SSSR count). The topological polar surface area (TPSA) is 103 Å². The van der Waals surface area contributed by atoms with Gasteiger partial charge in [0.25, 0.3) is 0 Å². The highest BCUT2D eigenvalue weighted by atomic mass is 35.5. The van der Waals surface area contributed by atoms with Gasteiger partial charge in [0.1, 0.15) is 23.7 Å². The van der Waals surface area contributed by atoms with Crippen LogP contribution < -0.4 is 28.1 Å². The van der Waals surface area contributed by atoms with Crippen LogP contribution >= 0.6 is 11.6 Å². The zero-order valence-corrected chi connectivity index (χ0v) is 18.1. The maximum absolute atomic E-state index is 12.5. The minimum atomic E-state index is -0.646. The molecule has 0 fully saturated rings. The molecule has 0 radical (unpaired) electrons. The predicted octanol–water partition coefficient (Wildman–Crippen LogP) is -0.416. The van der Waals surface area contributed by atoms with Crippen LogP contribution in [0.2, 0.25) is 5.02 Å². The number of methoxy groups -OCH3 is 2. The zero-order chi connectivity index (χ0) is 21.1. The number of quaternary nitrogens is 1. The number of phenolic OH excluding ortho intramolecular Hbond substituents is 1. The van der Waals surface area contributed by atoms with E-state index in [0.29, 0.717) is 16.5 Å². The number of hydrogen-bond acceptors (Lipinski definition) is 6. The zero-order valence-electron chi connectivity index (χ0n) is 16.6. The highest BCUT2D eigenvalue weighted by Crippen LogP contribution is 2.35. The second-order valence-electron chi connectivity index (χ2n) is 6.49. The average Bonchev–Trinajstić information content (AvgIpc) is 2.72. The Morgan fingerprint density at radius 2 is 1.87 bits per heavy atom. The van der Waals surface area contributed by atoms with Gasteiger partial charge in [0.15, 0.2) is 5.58 Å². The molecule has 0 atom stereocenters. The van der Waals surface area contributed by atoms with Gasteiger partial charge in [-0.3, -0.25) is 4.79 Å². The van der Waals surface area contributed by atoms with Gasteiger partial charge in [0.05, 0.1) is 36.8 Å². The van der Waals surface area contributed by atoms with Crippen molar-refractivity contribution < 1.29 is 41.5 Å². The molecule has 0 aliphatic heterocycles. The molecule has 0 unspecified atom stereocenters. The van der Waals surface area contributed by atoms with Gasteiger partial charge < -0.3 is 36.7 Å². The standard InChI is InChI=1S/C21H20ClNO6.ClH/c1-11-14-8-17(22)19(25)16(10-23-12-4-6-13(27-2)7-5-12)20(14)29-21(26)15(11)9-18(24)28-3;/h4-8,23,25H,9-10H2,1-3H3;1H. The van der Waals surface area contributed by atoms with E-state index in [2.05, 4.69) is 4.74 Å². The molecule has 30 heavy (non-hydrogen) atoms. The molecular weight excluding hydrogens is 433 g/mol. The number of rotatable bonds is 6. The first-order valence-electron chi connectivity index (χ1n) is 8.86. The molecular formula is C21H21Cl2NO6. The van der Waals surface area contributed by atoms with Crippen molar-refractivity contribution in [2.45, 2.75) is 19.9 Å². The largest absolute Gasteiger partial charge is 1.00 e. The second kappa shape index (κ2) is 9.84. The summed E-state index contributed by atoms with van der Waals surface area (Å²) in [6.07, 6.45) is -0.202. The number of aromatic hydroxyl groups is 1. The van der Waals surface area contributed by atoms with E-state index in [-0.39, 0.29) is 47.3 Å². The molecule has 3 aromatic rings. The number of esters is 1. The van der Waals surface area contributed by atoms with Crippen molar-refractivity contribution in [3.63, 3.8) is 0 Å². The van der Waals surface area contributed by atoms with Crippen LogP contribution in [0.5, 0.6) is 11.5 Å². The SMILES string of the molecule is COC(=O)Cc1c(C)c2cc(Cl)c(O)c(C[NH2+]c3ccc(OC)cc3)c2oc1=O.[Cl-]. The van der Waals surface area contributed by atoms with Gasteiger partial charge in [0.2, 0.25) is 0 Å². The maximum atomic E-state index is 12.5. The van der Waals surface area contributed by atoms with Crippen molar-refractivity contribution >= 4 is 34.2 Å². The fraction of sp³-hybridized carbons (Fsp3) is 0.238. The lowest BCUT2D eigenvalue weighted by molar-refractivity contribution is -0.588. The van der Waals surface area contributed by atoms with Crippen LogP contribution in [0.25, 0.3) is 11.0 Å². The fourth-order valence-electron chi connectivity index (χ4n) is 3.11. The highest BCUT2D eigenvalue weighted by Gasteiger charge is 2.21. The van der Waals surface area contributed by atoms with E-state index in [9.17, 15) is 14.7 Å². The lowest BCUT2D eigenvalue weighted by Gasteiger charge is -2.12. The number of halogens is 2. The predicted molar refractivity (Wildman–Crippen MR) is 108 cm³/mol. The number of carbonyl (C=O) groups excluding carboxylic acids is 1. The first-order chi connectivity index (χ1) is 13.8. The number of benzene rings is 2. The van der Waals surface area contributed by atoms with Gasteiger partial charge >= 0.3 is 11.6 Å². The molecule has 1 heterocycles. The quantitative estimate of drug-likeness (QED) is 0.298. The van der Waals surface area contributed by atoms with E-state index in [1.807, 2.05) is 29.6 Å². The average molecular weight is 454 g/mol. The van der Waals surface area contributed by atoms with Crippen LogP contribution in [0.4, 0.5) is 5.69 Å². The van der Waals surface area contributed by atoms with Crippen molar-refractivity contribution in [1.29, 1.82) is 0 Å². The van der Waals surface area contributed by atoms with Gasteiger partial charge in [-0.15, -0.1) is 0 Å². The molecule has 160 valence electrons. The van der Waals surface area contributed by atoms with Crippen molar-refractivity contribution in [3.05, 3.63) is 62.5 Å². The van der Waals surface area contributed by atoms with Crippen LogP contribution in [-0.2, 0) is 22.5 Å². The first kappa shape index (κ1) is 23.5. The Labute approximate surface area is 184 Å². The van der Waals surface area contributed by atoms with Gasteiger partial charge in [0, 0.05) is 17.5 Å². The van der Waals surface area contributed by atoms with Crippen molar-refractivity contribution in [1.82, 2.24) is 0 Å². The Kier molecular flexibility index (Phi) is 7.72. The van der Waals surface area contributed by atoms with E-state index in [1.54, 1.807) is 14.0 Å². The summed E-state index contributed by atoms with van der Waals surface area (Å²) in [7, 11) is 2.84. The minimum Gasteiger partial charge on any atom is -1.00 e. The van der Waals surface area contributed by atoms with E-state index < -0.39 is 11.6 Å². The maximum Gasteiger partial charge on any atom is 0.340 e. The Morgan fingerprint density at radius 3 is 2.47 bits per heavy atom. The Bertz CT molecular complexity index is 1130. The van der Waals surface area contributed by atoms with E-state index >= 15 is 0 Å². The van der Waals surface area contributed by atoms with Crippen LogP contribution in [0.15, 0.2) is 39.5 Å². The summed E-state index contributed by atoms with van der Waals surface area (Å²) < 4.78 is 15.3. The van der Waals surface area contributed by atoms with Gasteiger partial charge in [-0.25, -0.2) is 4.79 Å². The van der Waals surface area contributed by atoms with Gasteiger partial charge in [-0.1, -0.05) is 11.6 Å². The summed E-state index contributed by atoms with van der Waals surface area (Å²) in [6, 6.07) is 8.93. The summed E-state index contributed by atoms with van der Waals surface area (Å²) in [5.41, 5.74) is 1.67. The van der Waals surface area contributed by atoms with E-state index in [0.717, 1.165) is 11.4 Å². The summed E-state index contributed by atoms with van der Waals surface area (Å²) in [4.78, 5) is 24.1. The monoisotopic (exact) mass is 453 g/mol. The Balaban J connectivity index is 0.00000320. The van der Waals surface area contributed by atoms with E-state index in [4.69, 9.17) is 20.8 Å². The van der Waals surface area contributed by atoms with Crippen molar-refractivity contribution in [2.24, 2.45) is 0 Å². The number of fused-ring (bicyclic) bond motifs is 1. The summed E-state index contributed by atoms with van der Waals surface area (Å²) >= 11 is 6.22. The summed E-state index contributed by atoms with van der Waals surface area (Å²) in [6.45, 7) is 2.00. The molecule has 0 amide bonds. The Hall–Kier alpha value is -2.74. The van der Waals surface area contributed by atoms with Crippen molar-refractivity contribution in [3.8, 4) is 11.5 Å². The molecule has 0 saturated heterocycles. The molecule has 2 aromatic carbocycles. The molecule has 0 aliphatic rings. The third-order valence-electron chi connectivity index (χ3n) is 4.81. The smallest absolute Gasteiger partial charge is 0.340 e. The number of aryl methyl sites for hydroxylation is 1. The van der Waals surface area contributed by atoms with Crippen LogP contribution in [0, 0.1) is 6.92 Å². The number of phenols is 1. The number of carbonyl (C=O) groups is 1. The molecule has 3 N–H and O–H groups in total. The summed E-state index contributed by atoms with van der Waals surface area (Å²) in [5.74, 6) is 0.0443. The van der Waals surface area contributed by atoms with Gasteiger partial charge in [-0.2, -0.15) is 0 Å². The highest BCUT2D eigenvalue weighted by molar-refractivity contribution is 6.33. The normalized spacial score (nSPS) is 10.5. The summed E-state index contributed by atoms with van der Waals surface area (Å²) in [5, 5.41) is 13.1. The molecule has 1 aromatic heterocycles. The number of ether oxygens (including phenoxy) is 2. The molecule has 0 spiro atoms. The first-order valence-corrected chi connectivity index (χ1v) is 9.24. The second-order valence-corrected chi connectivity index (χ2v) is 6.90. The third-order valence-corrected chi connectivity index (χ3v) is 5.09. The number of nitrogens with two attached hydrogens (primary N) is 1. The lowest BCUT2D eigenvalue weighted by Crippen LogP contribution is -3.00. The molecule has 0 saturated carbocycles. The number of hydrogen-bond donors (Lipinski definition) is 2. The van der Waals surface area contributed by atoms with Crippen LogP contribution in [0.1, 0.15) is 16.7 Å². The molecule has 9 heteroatoms. The third kappa shape index (κ3) is 4.70.